The standard InChI is InChI=1S/C27H31N3O4/c1-29-11-7-17(8-12-29)25(32)28-19-6-9-27(33)21-14-18-4-5-20(31)23-22(18)26(27,24(19)34-23)10-13-30(21)15-16-2-3-16/h4-5,7-8,11-12,16,19,21,24,33H,2-3,6,9-10,13-15H2,1H3,(H-,28,31,32)/p+1/t19-,21-,24+,26+,27-/m1/s1. The van der Waals surface area contributed by atoms with Gasteiger partial charge >= 0.3 is 0 Å². The van der Waals surface area contributed by atoms with E-state index in [1.807, 2.05) is 42.2 Å². The topological polar surface area (TPSA) is 85.9 Å². The molecule has 3 N–H and O–H groups in total. The lowest BCUT2D eigenvalue weighted by molar-refractivity contribution is -0.671. The van der Waals surface area contributed by atoms with E-state index in [0.29, 0.717) is 24.2 Å². The normalized spacial score (nSPS) is 35.4. The summed E-state index contributed by atoms with van der Waals surface area (Å²) in [5.41, 5.74) is 1.23. The lowest BCUT2D eigenvalue weighted by Gasteiger charge is -2.64. The Bertz CT molecular complexity index is 1180. The monoisotopic (exact) mass is 462 g/mol. The maximum atomic E-state index is 13.2. The molecular weight excluding hydrogens is 430 g/mol. The van der Waals surface area contributed by atoms with Gasteiger partial charge in [0.1, 0.15) is 13.2 Å². The molecule has 2 saturated carbocycles. The molecule has 1 saturated heterocycles. The summed E-state index contributed by atoms with van der Waals surface area (Å²) in [4.78, 5) is 15.7. The average molecular weight is 463 g/mol. The van der Waals surface area contributed by atoms with E-state index in [-0.39, 0.29) is 23.7 Å². The second kappa shape index (κ2) is 6.95. The number of hydrogen-bond donors (Lipinski definition) is 3. The Morgan fingerprint density at radius 3 is 2.76 bits per heavy atom. The number of rotatable bonds is 4. The van der Waals surface area contributed by atoms with Crippen LogP contribution in [0.3, 0.4) is 0 Å². The third-order valence-corrected chi connectivity index (χ3v) is 9.32. The van der Waals surface area contributed by atoms with Crippen molar-refractivity contribution >= 4 is 5.91 Å². The molecule has 34 heavy (non-hydrogen) atoms. The van der Waals surface area contributed by atoms with Crippen molar-refractivity contribution in [3.05, 3.63) is 53.3 Å². The van der Waals surface area contributed by atoms with Crippen LogP contribution in [0, 0.1) is 5.92 Å². The van der Waals surface area contributed by atoms with Crippen molar-refractivity contribution in [2.75, 3.05) is 13.1 Å². The molecule has 178 valence electrons. The van der Waals surface area contributed by atoms with E-state index >= 15 is 0 Å². The molecule has 1 aromatic heterocycles. The quantitative estimate of drug-likeness (QED) is 0.601. The minimum Gasteiger partial charge on any atom is -0.504 e. The number of hydrogen-bond acceptors (Lipinski definition) is 5. The molecule has 2 aliphatic heterocycles. The number of nitrogens with zero attached hydrogens (tertiary/aromatic N) is 2. The van der Waals surface area contributed by atoms with E-state index in [4.69, 9.17) is 4.74 Å². The van der Waals surface area contributed by atoms with Gasteiger partial charge in [-0.15, -0.1) is 0 Å². The van der Waals surface area contributed by atoms with Gasteiger partial charge in [0.05, 0.1) is 22.6 Å². The van der Waals surface area contributed by atoms with Crippen LogP contribution in [0.15, 0.2) is 36.7 Å². The van der Waals surface area contributed by atoms with Crippen molar-refractivity contribution in [1.29, 1.82) is 0 Å². The summed E-state index contributed by atoms with van der Waals surface area (Å²) >= 11 is 0. The summed E-state index contributed by atoms with van der Waals surface area (Å²) in [6.07, 6.45) is 8.72. The zero-order valence-corrected chi connectivity index (χ0v) is 19.5. The van der Waals surface area contributed by atoms with Gasteiger partial charge in [-0.05, 0) is 62.6 Å². The van der Waals surface area contributed by atoms with Crippen LogP contribution in [0.25, 0.3) is 0 Å². The molecule has 5 atom stereocenters. The maximum Gasteiger partial charge on any atom is 0.252 e. The van der Waals surface area contributed by atoms with E-state index in [9.17, 15) is 15.0 Å². The van der Waals surface area contributed by atoms with Crippen LogP contribution in [-0.4, -0.2) is 57.9 Å². The van der Waals surface area contributed by atoms with Gasteiger partial charge < -0.3 is 20.3 Å². The molecule has 1 amide bonds. The molecule has 3 aliphatic carbocycles. The van der Waals surface area contributed by atoms with Crippen LogP contribution in [0.2, 0.25) is 0 Å². The molecule has 7 nitrogen and oxygen atoms in total. The summed E-state index contributed by atoms with van der Waals surface area (Å²) in [7, 11) is 1.92. The Labute approximate surface area is 199 Å². The van der Waals surface area contributed by atoms with Crippen LogP contribution < -0.4 is 14.6 Å². The first kappa shape index (κ1) is 20.7. The van der Waals surface area contributed by atoms with Crippen LogP contribution in [0.4, 0.5) is 0 Å². The highest BCUT2D eigenvalue weighted by Crippen LogP contribution is 2.65. The van der Waals surface area contributed by atoms with Crippen molar-refractivity contribution in [3.63, 3.8) is 0 Å². The van der Waals surface area contributed by atoms with Crippen molar-refractivity contribution < 1.29 is 24.3 Å². The van der Waals surface area contributed by atoms with Crippen LogP contribution in [-0.2, 0) is 18.9 Å². The maximum absolute atomic E-state index is 13.2. The average Bonchev–Trinajstić information content (AvgIpc) is 3.56. The van der Waals surface area contributed by atoms with Crippen LogP contribution in [0.1, 0.15) is 53.6 Å². The smallest absolute Gasteiger partial charge is 0.252 e. The van der Waals surface area contributed by atoms with Crippen molar-refractivity contribution in [2.24, 2.45) is 13.0 Å². The molecule has 7 heteroatoms. The van der Waals surface area contributed by atoms with Crippen LogP contribution >= 0.6 is 0 Å². The van der Waals surface area contributed by atoms with Crippen molar-refractivity contribution in [2.45, 2.75) is 67.7 Å². The lowest BCUT2D eigenvalue weighted by atomic mass is 9.48. The molecule has 7 rings (SSSR count). The van der Waals surface area contributed by atoms with Gasteiger partial charge in [-0.2, -0.15) is 0 Å². The number of aromatic nitrogens is 1. The highest BCUT2D eigenvalue weighted by Gasteiger charge is 2.73. The Hall–Kier alpha value is -2.64. The molecule has 5 aliphatic rings. The first-order chi connectivity index (χ1) is 16.4. The van der Waals surface area contributed by atoms with E-state index in [1.54, 1.807) is 6.07 Å². The number of carbonyl (C=O) groups is 1. The van der Waals surface area contributed by atoms with Gasteiger partial charge in [0.15, 0.2) is 23.9 Å². The number of aromatic hydroxyl groups is 1. The third kappa shape index (κ3) is 2.65. The first-order valence-corrected chi connectivity index (χ1v) is 12.7. The number of amides is 1. The summed E-state index contributed by atoms with van der Waals surface area (Å²) in [5, 5.41) is 26.5. The Kier molecular flexibility index (Phi) is 4.23. The van der Waals surface area contributed by atoms with E-state index in [0.717, 1.165) is 37.4 Å². The van der Waals surface area contributed by atoms with E-state index < -0.39 is 17.1 Å². The number of aryl methyl sites for hydroxylation is 1. The van der Waals surface area contributed by atoms with Crippen LogP contribution in [0.5, 0.6) is 11.5 Å². The molecule has 0 radical (unpaired) electrons. The van der Waals surface area contributed by atoms with E-state index in [2.05, 4.69) is 10.2 Å². The number of phenols is 1. The molecule has 1 aromatic carbocycles. The highest BCUT2D eigenvalue weighted by molar-refractivity contribution is 5.94. The number of aliphatic hydroxyl groups is 1. The molecular formula is C27H32N3O4+. The second-order valence-electron chi connectivity index (χ2n) is 11.2. The number of likely N-dealkylation sites (tertiary alicyclic amines) is 1. The number of nitrogens with one attached hydrogen (secondary N) is 1. The van der Waals surface area contributed by atoms with Gasteiger partial charge in [0.2, 0.25) is 0 Å². The van der Waals surface area contributed by atoms with E-state index in [1.165, 1.54) is 18.4 Å². The Morgan fingerprint density at radius 1 is 1.21 bits per heavy atom. The number of phenolic OH excluding ortho intramolecular Hbond substituents is 1. The Morgan fingerprint density at radius 2 is 2.00 bits per heavy atom. The molecule has 1 spiro atoms. The minimum absolute atomic E-state index is 0.0433. The summed E-state index contributed by atoms with van der Waals surface area (Å²) in [5.74, 6) is 1.27. The summed E-state index contributed by atoms with van der Waals surface area (Å²) < 4.78 is 8.42. The summed E-state index contributed by atoms with van der Waals surface area (Å²) in [6, 6.07) is 7.17. The number of pyridine rings is 1. The fourth-order valence-electron chi connectivity index (χ4n) is 7.53. The fourth-order valence-corrected chi connectivity index (χ4v) is 7.53. The third-order valence-electron chi connectivity index (χ3n) is 9.32. The predicted octanol–water partition coefficient (Wildman–Crippen LogP) is 1.58. The first-order valence-electron chi connectivity index (χ1n) is 12.7. The largest absolute Gasteiger partial charge is 0.504 e. The van der Waals surface area contributed by atoms with Gasteiger partial charge in [0, 0.05) is 30.3 Å². The summed E-state index contributed by atoms with van der Waals surface area (Å²) in [6.45, 7) is 1.97. The zero-order chi connectivity index (χ0) is 23.2. The molecule has 3 fully saturated rings. The number of benzene rings is 1. The molecule has 0 unspecified atom stereocenters. The lowest BCUT2D eigenvalue weighted by Crippen LogP contribution is -2.78. The Balaban J connectivity index is 1.29. The number of carbonyl (C=O) groups excluding carboxylic acids is 1. The van der Waals surface area contributed by atoms with Crippen molar-refractivity contribution in [1.82, 2.24) is 10.2 Å². The molecule has 2 aromatic rings. The molecule has 3 heterocycles. The van der Waals surface area contributed by atoms with Gasteiger partial charge in [0.25, 0.3) is 5.91 Å². The van der Waals surface area contributed by atoms with Gasteiger partial charge in [-0.3, -0.25) is 9.69 Å². The van der Waals surface area contributed by atoms with Gasteiger partial charge in [-0.25, -0.2) is 4.57 Å². The molecule has 2 bridgehead atoms. The predicted molar refractivity (Wildman–Crippen MR) is 124 cm³/mol. The fraction of sp³-hybridized carbons (Fsp3) is 0.556. The number of ether oxygens (including phenoxy) is 1. The number of piperidine rings is 1. The van der Waals surface area contributed by atoms with Crippen molar-refractivity contribution in [3.8, 4) is 11.5 Å². The highest BCUT2D eigenvalue weighted by atomic mass is 16.5. The SMILES string of the molecule is C[n+]1ccc(C(=O)N[C@@H]2CC[C@@]3(O)[C@H]4Cc5ccc(O)c6c5[C@@]3(CCN4CC3CC3)[C@H]2O6)cc1. The second-order valence-corrected chi connectivity index (χ2v) is 11.2. The minimum atomic E-state index is -0.932. The van der Waals surface area contributed by atoms with Gasteiger partial charge in [-0.1, -0.05) is 6.07 Å². The zero-order valence-electron chi connectivity index (χ0n) is 19.5.